The molecule has 1 rings (SSSR count). The Balaban J connectivity index is 2.88. The van der Waals surface area contributed by atoms with E-state index in [0.717, 1.165) is 11.8 Å². The average molecular weight is 226 g/mol. The summed E-state index contributed by atoms with van der Waals surface area (Å²) in [5, 5.41) is 0. The second-order valence-corrected chi connectivity index (χ2v) is 4.82. The van der Waals surface area contributed by atoms with E-state index in [2.05, 4.69) is 6.58 Å². The molecular weight excluding hydrogens is 212 g/mol. The molecule has 4 heteroatoms. The minimum absolute atomic E-state index is 0.469. The van der Waals surface area contributed by atoms with Crippen molar-refractivity contribution in [2.24, 2.45) is 0 Å². The summed E-state index contributed by atoms with van der Waals surface area (Å²) in [4.78, 5) is 0. The molecule has 1 aromatic carbocycles. The summed E-state index contributed by atoms with van der Waals surface area (Å²) >= 11 is 0. The van der Waals surface area contributed by atoms with Crippen molar-refractivity contribution < 1.29 is 12.6 Å². The lowest BCUT2D eigenvalue weighted by Gasteiger charge is -2.14. The Labute approximate surface area is 90.5 Å². The zero-order valence-electron chi connectivity index (χ0n) is 8.59. The Morgan fingerprint density at radius 2 is 2.00 bits per heavy atom. The van der Waals surface area contributed by atoms with Gasteiger partial charge in [-0.25, -0.2) is 0 Å². The predicted octanol–water partition coefficient (Wildman–Crippen LogP) is 2.28. The molecule has 1 atom stereocenters. The largest absolute Gasteiger partial charge is 0.264 e. The molecule has 0 spiro atoms. The molecule has 1 unspecified atom stereocenters. The van der Waals surface area contributed by atoms with E-state index >= 15 is 0 Å². The van der Waals surface area contributed by atoms with E-state index in [1.165, 1.54) is 0 Å². The van der Waals surface area contributed by atoms with Crippen molar-refractivity contribution >= 4 is 10.1 Å². The zero-order chi connectivity index (χ0) is 11.3. The molecule has 0 heterocycles. The monoisotopic (exact) mass is 226 g/mol. The third-order valence-electron chi connectivity index (χ3n) is 1.84. The Morgan fingerprint density at radius 1 is 1.40 bits per heavy atom. The van der Waals surface area contributed by atoms with Crippen molar-refractivity contribution in [3.05, 3.63) is 48.6 Å². The maximum atomic E-state index is 11.0. The van der Waals surface area contributed by atoms with Gasteiger partial charge < -0.3 is 0 Å². The fraction of sp³-hybridized carbons (Fsp3) is 0.273. The lowest BCUT2D eigenvalue weighted by Crippen LogP contribution is -2.09. The first-order chi connectivity index (χ1) is 7.03. The van der Waals surface area contributed by atoms with Gasteiger partial charge in [-0.15, -0.1) is 6.58 Å². The van der Waals surface area contributed by atoms with Gasteiger partial charge in [0.1, 0.15) is 6.10 Å². The Morgan fingerprint density at radius 3 is 2.47 bits per heavy atom. The molecule has 0 bridgehead atoms. The van der Waals surface area contributed by atoms with Crippen LogP contribution in [-0.2, 0) is 14.3 Å². The van der Waals surface area contributed by atoms with Crippen LogP contribution < -0.4 is 0 Å². The number of hydrogen-bond donors (Lipinski definition) is 0. The van der Waals surface area contributed by atoms with E-state index < -0.39 is 16.2 Å². The molecule has 0 amide bonds. The van der Waals surface area contributed by atoms with Crippen LogP contribution in [0, 0.1) is 0 Å². The van der Waals surface area contributed by atoms with Crippen molar-refractivity contribution in [2.45, 2.75) is 12.5 Å². The summed E-state index contributed by atoms with van der Waals surface area (Å²) in [6.45, 7) is 3.58. The molecule has 0 aliphatic rings. The predicted molar refractivity (Wildman–Crippen MR) is 59.9 cm³/mol. The smallest absolute Gasteiger partial charge is 0.262 e. The van der Waals surface area contributed by atoms with Crippen molar-refractivity contribution in [3.8, 4) is 0 Å². The normalized spacial score (nSPS) is 13.4. The minimum atomic E-state index is -3.44. The average Bonchev–Trinajstić information content (AvgIpc) is 2.17. The van der Waals surface area contributed by atoms with Gasteiger partial charge in [-0.1, -0.05) is 36.4 Å². The summed E-state index contributed by atoms with van der Waals surface area (Å²) in [6.07, 6.45) is 2.69. The van der Waals surface area contributed by atoms with Gasteiger partial charge in [0, 0.05) is 0 Å². The maximum Gasteiger partial charge on any atom is 0.264 e. The summed E-state index contributed by atoms with van der Waals surface area (Å²) in [6, 6.07) is 9.22. The van der Waals surface area contributed by atoms with E-state index in [-0.39, 0.29) is 0 Å². The van der Waals surface area contributed by atoms with Gasteiger partial charge in [0.25, 0.3) is 10.1 Å². The molecule has 0 N–H and O–H groups in total. The number of hydrogen-bond acceptors (Lipinski definition) is 3. The summed E-state index contributed by atoms with van der Waals surface area (Å²) < 4.78 is 27.0. The van der Waals surface area contributed by atoms with Crippen LogP contribution in [0.1, 0.15) is 18.1 Å². The first-order valence-electron chi connectivity index (χ1n) is 4.57. The van der Waals surface area contributed by atoms with Gasteiger partial charge in [0.05, 0.1) is 6.26 Å². The quantitative estimate of drug-likeness (QED) is 0.571. The number of rotatable bonds is 5. The van der Waals surface area contributed by atoms with Gasteiger partial charge in [0.15, 0.2) is 0 Å². The maximum absolute atomic E-state index is 11.0. The van der Waals surface area contributed by atoms with Crippen molar-refractivity contribution in [3.63, 3.8) is 0 Å². The molecule has 0 saturated heterocycles. The van der Waals surface area contributed by atoms with E-state index in [0.29, 0.717) is 6.42 Å². The molecule has 0 aliphatic heterocycles. The second-order valence-electron chi connectivity index (χ2n) is 3.22. The van der Waals surface area contributed by atoms with Crippen LogP contribution >= 0.6 is 0 Å². The highest BCUT2D eigenvalue weighted by atomic mass is 32.2. The van der Waals surface area contributed by atoms with Gasteiger partial charge in [-0.2, -0.15) is 8.42 Å². The summed E-state index contributed by atoms with van der Waals surface area (Å²) in [5.41, 5.74) is 0.836. The van der Waals surface area contributed by atoms with Crippen LogP contribution in [0.4, 0.5) is 0 Å². The molecule has 0 fully saturated rings. The van der Waals surface area contributed by atoms with Crippen LogP contribution in [0.15, 0.2) is 43.0 Å². The van der Waals surface area contributed by atoms with E-state index in [9.17, 15) is 8.42 Å². The molecule has 1 aromatic rings. The molecule has 0 saturated carbocycles. The van der Waals surface area contributed by atoms with Crippen molar-refractivity contribution in [1.29, 1.82) is 0 Å². The summed E-state index contributed by atoms with van der Waals surface area (Å²) in [5.74, 6) is 0. The SMILES string of the molecule is C=CCC(OS(C)(=O)=O)c1ccccc1. The standard InChI is InChI=1S/C11H14O3S/c1-3-7-11(14-15(2,12)13)10-8-5-4-6-9-10/h3-6,8-9,11H,1,7H2,2H3. The fourth-order valence-electron chi connectivity index (χ4n) is 1.26. The topological polar surface area (TPSA) is 43.4 Å². The molecule has 82 valence electrons. The number of benzene rings is 1. The van der Waals surface area contributed by atoms with Gasteiger partial charge in [-0.3, -0.25) is 4.18 Å². The van der Waals surface area contributed by atoms with Gasteiger partial charge in [-0.05, 0) is 12.0 Å². The van der Waals surface area contributed by atoms with Crippen LogP contribution in [0.2, 0.25) is 0 Å². The van der Waals surface area contributed by atoms with Crippen molar-refractivity contribution in [1.82, 2.24) is 0 Å². The van der Waals surface area contributed by atoms with Gasteiger partial charge in [0.2, 0.25) is 0 Å². The van der Waals surface area contributed by atoms with E-state index in [1.54, 1.807) is 6.08 Å². The Kier molecular flexibility index (Phi) is 4.05. The lowest BCUT2D eigenvalue weighted by atomic mass is 10.1. The third-order valence-corrected chi connectivity index (χ3v) is 2.42. The first-order valence-corrected chi connectivity index (χ1v) is 6.38. The Hall–Kier alpha value is -1.13. The molecule has 3 nitrogen and oxygen atoms in total. The highest BCUT2D eigenvalue weighted by molar-refractivity contribution is 7.86. The molecule has 15 heavy (non-hydrogen) atoms. The highest BCUT2D eigenvalue weighted by Gasteiger charge is 2.15. The van der Waals surface area contributed by atoms with Crippen LogP contribution in [0.25, 0.3) is 0 Å². The fourth-order valence-corrected chi connectivity index (χ4v) is 1.87. The second kappa shape index (κ2) is 5.09. The van der Waals surface area contributed by atoms with Crippen LogP contribution in [0.5, 0.6) is 0 Å². The van der Waals surface area contributed by atoms with Crippen LogP contribution in [0.3, 0.4) is 0 Å². The van der Waals surface area contributed by atoms with E-state index in [4.69, 9.17) is 4.18 Å². The van der Waals surface area contributed by atoms with E-state index in [1.807, 2.05) is 30.3 Å². The molecule has 0 aliphatic carbocycles. The molecular formula is C11H14O3S. The van der Waals surface area contributed by atoms with Crippen LogP contribution in [-0.4, -0.2) is 14.7 Å². The minimum Gasteiger partial charge on any atom is -0.262 e. The van der Waals surface area contributed by atoms with Crippen molar-refractivity contribution in [2.75, 3.05) is 6.26 Å². The third kappa shape index (κ3) is 4.27. The Bertz CT molecular complexity index is 409. The summed E-state index contributed by atoms with van der Waals surface area (Å²) in [7, 11) is -3.44. The first kappa shape index (κ1) is 11.9. The zero-order valence-corrected chi connectivity index (χ0v) is 9.41. The molecule has 0 aromatic heterocycles. The van der Waals surface area contributed by atoms with Gasteiger partial charge >= 0.3 is 0 Å². The lowest BCUT2D eigenvalue weighted by molar-refractivity contribution is 0.219. The molecule has 0 radical (unpaired) electrons. The highest BCUT2D eigenvalue weighted by Crippen LogP contribution is 2.22.